The lowest BCUT2D eigenvalue weighted by Crippen LogP contribution is -2.32. The van der Waals surface area contributed by atoms with Gasteiger partial charge in [-0.3, -0.25) is 4.98 Å². The van der Waals surface area contributed by atoms with Crippen molar-refractivity contribution < 1.29 is 0 Å². The zero-order chi connectivity index (χ0) is 39.6. The fourth-order valence-corrected chi connectivity index (χ4v) is 10.7. The summed E-state index contributed by atoms with van der Waals surface area (Å²) < 4.78 is 0. The van der Waals surface area contributed by atoms with Gasteiger partial charge in [-0.05, 0) is 98.1 Å². The molecule has 0 amide bonds. The molecule has 10 aromatic rings. The average molecular weight is 782 g/mol. The highest BCUT2D eigenvalue weighted by Gasteiger charge is 2.50. The van der Waals surface area contributed by atoms with E-state index in [1.165, 1.54) is 65.4 Å². The first-order valence-electron chi connectivity index (χ1n) is 20.3. The van der Waals surface area contributed by atoms with Gasteiger partial charge in [0.05, 0.1) is 22.3 Å². The second kappa shape index (κ2) is 13.9. The SMILES string of the molecule is c1ccc(-c2cc(-c3ccccc3)nc(-c3ccc4c(c3)C3(c5ccccc5Sc5ccccc53)c3cc(-c5ccc(-c6ccnc7ccccc67)cc5)ccc3-4)n2)cc1. The van der Waals surface area contributed by atoms with Crippen LogP contribution in [-0.2, 0) is 5.41 Å². The first-order chi connectivity index (χ1) is 29.7. The second-order valence-corrected chi connectivity index (χ2v) is 16.6. The summed E-state index contributed by atoms with van der Waals surface area (Å²) in [6.45, 7) is 0. The summed E-state index contributed by atoms with van der Waals surface area (Å²) in [4.78, 5) is 17.7. The zero-order valence-corrected chi connectivity index (χ0v) is 33.3. The van der Waals surface area contributed by atoms with Gasteiger partial charge in [-0.2, -0.15) is 0 Å². The van der Waals surface area contributed by atoms with E-state index in [9.17, 15) is 0 Å². The Labute approximate surface area is 353 Å². The number of pyridine rings is 1. The van der Waals surface area contributed by atoms with Crippen molar-refractivity contribution in [1.82, 2.24) is 15.0 Å². The molecule has 8 aromatic carbocycles. The number of fused-ring (bicyclic) bond motifs is 10. The quantitative estimate of drug-likeness (QED) is 0.174. The summed E-state index contributed by atoms with van der Waals surface area (Å²) in [7, 11) is 0. The predicted molar refractivity (Wildman–Crippen MR) is 246 cm³/mol. The Balaban J connectivity index is 1.06. The van der Waals surface area contributed by atoms with E-state index in [0.717, 1.165) is 39.0 Å². The summed E-state index contributed by atoms with van der Waals surface area (Å²) >= 11 is 1.86. The highest BCUT2D eigenvalue weighted by atomic mass is 32.2. The molecule has 3 nitrogen and oxygen atoms in total. The van der Waals surface area contributed by atoms with Crippen molar-refractivity contribution in [3.63, 3.8) is 0 Å². The molecule has 1 aliphatic carbocycles. The van der Waals surface area contributed by atoms with Crippen LogP contribution in [0.15, 0.2) is 222 Å². The smallest absolute Gasteiger partial charge is 0.160 e. The largest absolute Gasteiger partial charge is 0.256 e. The standard InChI is InChI=1S/C56H35N3S/c1-3-13-38(14-4-1)51-35-52(39-15-5-2-6-16-39)59-55(58-51)41-28-30-44-43-29-27-40(36-23-25-37(26-24-36)42-31-32-57-50-20-10-7-17-45(42)50)33-48(43)56(49(44)34-41)46-18-8-11-21-53(46)60-54-22-12-9-19-47(54)56/h1-35H. The van der Waals surface area contributed by atoms with E-state index in [4.69, 9.17) is 9.97 Å². The lowest BCUT2D eigenvalue weighted by molar-refractivity contribution is 0.722. The summed E-state index contributed by atoms with van der Waals surface area (Å²) in [5, 5.41) is 1.16. The van der Waals surface area contributed by atoms with Crippen LogP contribution in [0.3, 0.4) is 0 Å². The molecule has 0 atom stereocenters. The summed E-state index contributed by atoms with van der Waals surface area (Å²) in [6, 6.07) is 74.4. The highest BCUT2D eigenvalue weighted by molar-refractivity contribution is 7.99. The lowest BCUT2D eigenvalue weighted by Gasteiger charge is -2.39. The molecule has 0 fully saturated rings. The van der Waals surface area contributed by atoms with E-state index < -0.39 is 5.41 Å². The minimum atomic E-state index is -0.565. The second-order valence-electron chi connectivity index (χ2n) is 15.5. The maximum Gasteiger partial charge on any atom is 0.160 e. The first-order valence-corrected chi connectivity index (χ1v) is 21.2. The molecule has 4 heteroatoms. The summed E-state index contributed by atoms with van der Waals surface area (Å²) in [6.07, 6.45) is 1.90. The van der Waals surface area contributed by atoms with Crippen LogP contribution in [-0.4, -0.2) is 15.0 Å². The Hall–Kier alpha value is -7.40. The zero-order valence-electron chi connectivity index (χ0n) is 32.5. The van der Waals surface area contributed by atoms with E-state index in [-0.39, 0.29) is 0 Å². The number of nitrogens with zero attached hydrogens (tertiary/aromatic N) is 3. The molecule has 0 saturated heterocycles. The molecule has 0 saturated carbocycles. The Morgan fingerprint density at radius 3 is 1.52 bits per heavy atom. The maximum absolute atomic E-state index is 5.28. The normalized spacial score (nSPS) is 13.1. The lowest BCUT2D eigenvalue weighted by atomic mass is 9.67. The van der Waals surface area contributed by atoms with Gasteiger partial charge in [-0.25, -0.2) is 9.97 Å². The van der Waals surface area contributed by atoms with E-state index >= 15 is 0 Å². The molecular weight excluding hydrogens is 747 g/mol. The Kier molecular flexibility index (Phi) is 8.00. The number of benzene rings is 8. The first kappa shape index (κ1) is 34.6. The van der Waals surface area contributed by atoms with Crippen molar-refractivity contribution in [2.45, 2.75) is 15.2 Å². The van der Waals surface area contributed by atoms with Gasteiger partial charge in [0.1, 0.15) is 0 Å². The molecule has 60 heavy (non-hydrogen) atoms. The third-order valence-corrected chi connectivity index (χ3v) is 13.4. The van der Waals surface area contributed by atoms with Gasteiger partial charge in [-0.1, -0.05) is 176 Å². The van der Waals surface area contributed by atoms with Crippen molar-refractivity contribution in [1.29, 1.82) is 0 Å². The molecule has 280 valence electrons. The predicted octanol–water partition coefficient (Wildman–Crippen LogP) is 14.2. The fourth-order valence-electron chi connectivity index (χ4n) is 9.50. The van der Waals surface area contributed by atoms with E-state index in [0.29, 0.717) is 5.82 Å². The summed E-state index contributed by atoms with van der Waals surface area (Å²) in [5.41, 5.74) is 17.7. The van der Waals surface area contributed by atoms with Crippen LogP contribution < -0.4 is 0 Å². The average Bonchev–Trinajstić information content (AvgIpc) is 3.61. The highest BCUT2D eigenvalue weighted by Crippen LogP contribution is 2.63. The summed E-state index contributed by atoms with van der Waals surface area (Å²) in [5.74, 6) is 0.707. The molecule has 1 spiro atoms. The van der Waals surface area contributed by atoms with E-state index in [1.54, 1.807) is 0 Å². The molecular formula is C56H35N3S. The van der Waals surface area contributed by atoms with Crippen molar-refractivity contribution in [3.05, 3.63) is 235 Å². The number of hydrogen-bond donors (Lipinski definition) is 0. The molecule has 0 unspecified atom stereocenters. The van der Waals surface area contributed by atoms with E-state index in [2.05, 4.69) is 193 Å². The van der Waals surface area contributed by atoms with Crippen LogP contribution >= 0.6 is 11.8 Å². The number of para-hydroxylation sites is 1. The van der Waals surface area contributed by atoms with Gasteiger partial charge in [0, 0.05) is 38.1 Å². The van der Waals surface area contributed by atoms with Crippen molar-refractivity contribution in [2.75, 3.05) is 0 Å². The van der Waals surface area contributed by atoms with Gasteiger partial charge in [-0.15, -0.1) is 0 Å². The van der Waals surface area contributed by atoms with Crippen LogP contribution in [0.25, 0.3) is 78.2 Å². The monoisotopic (exact) mass is 781 g/mol. The van der Waals surface area contributed by atoms with E-state index in [1.807, 2.05) is 36.2 Å². The Bertz CT molecular complexity index is 3180. The van der Waals surface area contributed by atoms with Gasteiger partial charge in [0.25, 0.3) is 0 Å². The maximum atomic E-state index is 5.28. The van der Waals surface area contributed by atoms with Crippen LogP contribution in [0, 0.1) is 0 Å². The van der Waals surface area contributed by atoms with Crippen LogP contribution in [0.5, 0.6) is 0 Å². The molecule has 1 aliphatic heterocycles. The van der Waals surface area contributed by atoms with Crippen LogP contribution in [0.4, 0.5) is 0 Å². The minimum absolute atomic E-state index is 0.565. The number of hydrogen-bond acceptors (Lipinski definition) is 4. The molecule has 0 N–H and O–H groups in total. The van der Waals surface area contributed by atoms with Gasteiger partial charge in [0.15, 0.2) is 5.82 Å². The molecule has 12 rings (SSSR count). The molecule has 0 bridgehead atoms. The molecule has 2 aliphatic rings. The number of aromatic nitrogens is 3. The van der Waals surface area contributed by atoms with Crippen molar-refractivity contribution in [3.8, 4) is 67.3 Å². The van der Waals surface area contributed by atoms with Gasteiger partial charge < -0.3 is 0 Å². The van der Waals surface area contributed by atoms with Crippen molar-refractivity contribution >= 4 is 22.7 Å². The fraction of sp³-hybridized carbons (Fsp3) is 0.0179. The van der Waals surface area contributed by atoms with Crippen molar-refractivity contribution in [2.24, 2.45) is 0 Å². The molecule has 3 heterocycles. The Morgan fingerprint density at radius 1 is 0.350 bits per heavy atom. The minimum Gasteiger partial charge on any atom is -0.256 e. The topological polar surface area (TPSA) is 38.7 Å². The number of rotatable bonds is 5. The third-order valence-electron chi connectivity index (χ3n) is 12.2. The van der Waals surface area contributed by atoms with Gasteiger partial charge in [0.2, 0.25) is 0 Å². The Morgan fingerprint density at radius 2 is 0.867 bits per heavy atom. The van der Waals surface area contributed by atoms with Crippen LogP contribution in [0.1, 0.15) is 22.3 Å². The molecule has 2 aromatic heterocycles. The van der Waals surface area contributed by atoms with Crippen LogP contribution in [0.2, 0.25) is 0 Å². The van der Waals surface area contributed by atoms with Gasteiger partial charge >= 0.3 is 0 Å². The third kappa shape index (κ3) is 5.42. The molecule has 0 radical (unpaired) electrons.